The Morgan fingerprint density at radius 3 is 2.26 bits per heavy atom. The number of fused-ring (bicyclic) bond motifs is 1. The minimum absolute atomic E-state index is 0.0579. The first-order valence-electron chi connectivity index (χ1n) is 9.39. The molecule has 0 unspecified atom stereocenters. The van der Waals surface area contributed by atoms with Crippen LogP contribution in [0.4, 0.5) is 17.1 Å². The number of hydrogen-bond acceptors (Lipinski definition) is 9. The maximum atomic E-state index is 12.7. The summed E-state index contributed by atoms with van der Waals surface area (Å²) in [5, 5.41) is 26.1. The van der Waals surface area contributed by atoms with Crippen molar-refractivity contribution in [2.75, 3.05) is 26.1 Å². The molecule has 2 atom stereocenters. The van der Waals surface area contributed by atoms with Crippen molar-refractivity contribution in [1.82, 2.24) is 9.80 Å². The van der Waals surface area contributed by atoms with Crippen molar-refractivity contribution < 1.29 is 24.2 Å². The Hall–Kier alpha value is -3.90. The third-order valence-electron chi connectivity index (χ3n) is 5.31. The molecule has 1 heterocycles. The lowest BCUT2D eigenvalue weighted by atomic mass is 9.80. The summed E-state index contributed by atoms with van der Waals surface area (Å²) in [6, 6.07) is 3.07. The van der Waals surface area contributed by atoms with Gasteiger partial charge in [0.2, 0.25) is 17.7 Å². The van der Waals surface area contributed by atoms with Gasteiger partial charge in [-0.25, -0.2) is 0 Å². The fourth-order valence-electron chi connectivity index (χ4n) is 3.63. The number of carbonyl (C=O) groups is 3. The van der Waals surface area contributed by atoms with Crippen molar-refractivity contribution in [2.24, 2.45) is 16.9 Å². The van der Waals surface area contributed by atoms with Gasteiger partial charge in [-0.05, 0) is 19.3 Å². The average molecular weight is 432 g/mol. The predicted molar refractivity (Wildman–Crippen MR) is 107 cm³/mol. The maximum Gasteiger partial charge on any atom is 0.278 e. The van der Waals surface area contributed by atoms with E-state index in [1.165, 1.54) is 19.0 Å². The highest BCUT2D eigenvalue weighted by molar-refractivity contribution is 6.09. The molecule has 2 aliphatic rings. The second kappa shape index (κ2) is 8.45. The fraction of sp³-hybridized carbons (Fsp3) is 0.444. The van der Waals surface area contributed by atoms with E-state index in [0.29, 0.717) is 18.6 Å². The number of imide groups is 1. The van der Waals surface area contributed by atoms with Crippen LogP contribution in [0.3, 0.4) is 0 Å². The molecule has 0 aromatic heterocycles. The van der Waals surface area contributed by atoms with Crippen LogP contribution < -0.4 is 5.43 Å². The Morgan fingerprint density at radius 1 is 1.13 bits per heavy atom. The van der Waals surface area contributed by atoms with Crippen molar-refractivity contribution in [3.05, 3.63) is 38.4 Å². The zero-order chi connectivity index (χ0) is 22.9. The van der Waals surface area contributed by atoms with Crippen LogP contribution >= 0.6 is 0 Å². The van der Waals surface area contributed by atoms with Crippen molar-refractivity contribution in [3.8, 4) is 0 Å². The molecule has 3 rings (SSSR count). The number of likely N-dealkylation sites (N-methyl/N-ethyl adjacent to an activating group) is 1. The SMILES string of the molecule is CN(C)C(=O)CN1C(=O)[C@@H]2CC/C(=N\Nc3cc([N+](=O)[O-])cc([N+](=O)[O-])c3)C[C@H]2C1=O. The van der Waals surface area contributed by atoms with Gasteiger partial charge in [-0.3, -0.25) is 44.9 Å². The fourth-order valence-corrected chi connectivity index (χ4v) is 3.63. The number of nitrogens with one attached hydrogen (secondary N) is 1. The summed E-state index contributed by atoms with van der Waals surface area (Å²) in [5.41, 5.74) is 2.27. The molecule has 1 aromatic carbocycles. The third-order valence-corrected chi connectivity index (χ3v) is 5.31. The highest BCUT2D eigenvalue weighted by Gasteiger charge is 2.50. The minimum Gasteiger partial charge on any atom is -0.347 e. The normalized spacial score (nSPS) is 21.7. The Morgan fingerprint density at radius 2 is 1.71 bits per heavy atom. The van der Waals surface area contributed by atoms with Crippen LogP contribution in [0.2, 0.25) is 0 Å². The summed E-state index contributed by atoms with van der Waals surface area (Å²) in [4.78, 5) is 59.9. The molecule has 1 saturated carbocycles. The quantitative estimate of drug-likeness (QED) is 0.396. The summed E-state index contributed by atoms with van der Waals surface area (Å²) in [6.07, 6.45) is 0.961. The van der Waals surface area contributed by atoms with Gasteiger partial charge in [-0.15, -0.1) is 0 Å². The van der Waals surface area contributed by atoms with Gasteiger partial charge in [-0.2, -0.15) is 5.10 Å². The van der Waals surface area contributed by atoms with Gasteiger partial charge >= 0.3 is 0 Å². The molecule has 1 aliphatic heterocycles. The predicted octanol–water partition coefficient (Wildman–Crippen LogP) is 1.14. The largest absolute Gasteiger partial charge is 0.347 e. The highest BCUT2D eigenvalue weighted by Crippen LogP contribution is 2.37. The van der Waals surface area contributed by atoms with Crippen LogP contribution in [0.25, 0.3) is 0 Å². The molecule has 1 N–H and O–H groups in total. The molecule has 31 heavy (non-hydrogen) atoms. The number of carbonyl (C=O) groups excluding carboxylic acids is 3. The summed E-state index contributed by atoms with van der Waals surface area (Å²) in [7, 11) is 3.07. The van der Waals surface area contributed by atoms with E-state index in [0.717, 1.165) is 23.1 Å². The van der Waals surface area contributed by atoms with Gasteiger partial charge < -0.3 is 4.90 Å². The first-order valence-corrected chi connectivity index (χ1v) is 9.39. The van der Waals surface area contributed by atoms with Crippen molar-refractivity contribution in [2.45, 2.75) is 19.3 Å². The van der Waals surface area contributed by atoms with Crippen molar-refractivity contribution >= 4 is 40.5 Å². The van der Waals surface area contributed by atoms with E-state index in [1.807, 2.05) is 0 Å². The van der Waals surface area contributed by atoms with E-state index in [2.05, 4.69) is 10.5 Å². The minimum atomic E-state index is -0.747. The van der Waals surface area contributed by atoms with Crippen molar-refractivity contribution in [3.63, 3.8) is 0 Å². The standard InChI is InChI=1S/C18H20N6O7/c1-21(2)16(25)9-22-17(26)14-4-3-10(7-15(14)18(22)27)19-20-11-5-12(23(28)29)8-13(6-11)24(30)31/h5-6,8,14-15,20H,3-4,7,9H2,1-2H3/b19-10+/t14-,15-/m1/s1. The third kappa shape index (κ3) is 4.49. The lowest BCUT2D eigenvalue weighted by Gasteiger charge is -2.22. The van der Waals surface area contributed by atoms with Gasteiger partial charge in [-0.1, -0.05) is 0 Å². The molecular weight excluding hydrogens is 412 g/mol. The molecule has 0 radical (unpaired) electrons. The summed E-state index contributed by atoms with van der Waals surface area (Å²) in [6.45, 7) is -0.306. The number of benzene rings is 1. The lowest BCUT2D eigenvalue weighted by Crippen LogP contribution is -2.40. The zero-order valence-corrected chi connectivity index (χ0v) is 16.8. The van der Waals surface area contributed by atoms with E-state index in [1.54, 1.807) is 0 Å². The van der Waals surface area contributed by atoms with Crippen LogP contribution in [-0.4, -0.2) is 63.7 Å². The first kappa shape index (κ1) is 21.8. The molecule has 164 valence electrons. The van der Waals surface area contributed by atoms with Gasteiger partial charge in [0.25, 0.3) is 11.4 Å². The Kier molecular flexibility index (Phi) is 5.95. The van der Waals surface area contributed by atoms with Crippen LogP contribution in [0.15, 0.2) is 23.3 Å². The molecule has 1 aromatic rings. The molecule has 13 heteroatoms. The topological polar surface area (TPSA) is 168 Å². The number of rotatable bonds is 6. The highest BCUT2D eigenvalue weighted by atomic mass is 16.6. The number of nitro groups is 2. The maximum absolute atomic E-state index is 12.7. The molecule has 0 bridgehead atoms. The second-order valence-electron chi connectivity index (χ2n) is 7.55. The molecular formula is C18H20N6O7. The monoisotopic (exact) mass is 432 g/mol. The van der Waals surface area contributed by atoms with E-state index in [-0.39, 0.29) is 30.5 Å². The smallest absolute Gasteiger partial charge is 0.278 e. The molecule has 13 nitrogen and oxygen atoms in total. The lowest BCUT2D eigenvalue weighted by molar-refractivity contribution is -0.394. The van der Waals surface area contributed by atoms with Gasteiger partial charge in [0.1, 0.15) is 6.54 Å². The number of anilines is 1. The van der Waals surface area contributed by atoms with Crippen molar-refractivity contribution in [1.29, 1.82) is 0 Å². The summed E-state index contributed by atoms with van der Waals surface area (Å²) >= 11 is 0. The van der Waals surface area contributed by atoms with Crippen LogP contribution in [0.5, 0.6) is 0 Å². The van der Waals surface area contributed by atoms with Crippen LogP contribution in [0, 0.1) is 32.1 Å². The number of hydrogen-bond donors (Lipinski definition) is 1. The second-order valence-corrected chi connectivity index (χ2v) is 7.55. The van der Waals surface area contributed by atoms with E-state index in [9.17, 15) is 34.6 Å². The number of nitro benzene ring substituents is 2. The van der Waals surface area contributed by atoms with E-state index >= 15 is 0 Å². The molecule has 3 amide bonds. The Bertz CT molecular complexity index is 973. The Balaban J connectivity index is 1.74. The van der Waals surface area contributed by atoms with Crippen LogP contribution in [0.1, 0.15) is 19.3 Å². The van der Waals surface area contributed by atoms with Gasteiger partial charge in [0, 0.05) is 31.9 Å². The van der Waals surface area contributed by atoms with E-state index < -0.39 is 39.0 Å². The summed E-state index contributed by atoms with van der Waals surface area (Å²) in [5.74, 6) is -2.30. The van der Waals surface area contributed by atoms with Crippen LogP contribution in [-0.2, 0) is 14.4 Å². The van der Waals surface area contributed by atoms with Gasteiger partial charge in [0.15, 0.2) is 0 Å². The average Bonchev–Trinajstić information content (AvgIpc) is 2.96. The number of nitrogens with zero attached hydrogens (tertiary/aromatic N) is 5. The Labute approximate surface area is 176 Å². The molecule has 1 saturated heterocycles. The number of hydrazone groups is 1. The number of amides is 3. The molecule has 0 spiro atoms. The number of non-ortho nitro benzene ring substituents is 2. The zero-order valence-electron chi connectivity index (χ0n) is 16.8. The molecule has 1 aliphatic carbocycles. The van der Waals surface area contributed by atoms with Gasteiger partial charge in [0.05, 0.1) is 33.4 Å². The summed E-state index contributed by atoms with van der Waals surface area (Å²) < 4.78 is 0. The van der Waals surface area contributed by atoms with E-state index in [4.69, 9.17) is 0 Å². The molecule has 2 fully saturated rings. The first-order chi connectivity index (χ1) is 14.6. The number of likely N-dealkylation sites (tertiary alicyclic amines) is 1.